The van der Waals surface area contributed by atoms with Gasteiger partial charge in [0.05, 0.1) is 0 Å². The quantitative estimate of drug-likeness (QED) is 0.541. The van der Waals surface area contributed by atoms with Gasteiger partial charge >= 0.3 is 5.97 Å². The van der Waals surface area contributed by atoms with Crippen molar-refractivity contribution in [3.63, 3.8) is 0 Å². The van der Waals surface area contributed by atoms with Crippen LogP contribution in [-0.2, 0) is 7.05 Å². The number of aromatic hydroxyl groups is 2. The van der Waals surface area contributed by atoms with Crippen LogP contribution in [0.3, 0.4) is 0 Å². The summed E-state index contributed by atoms with van der Waals surface area (Å²) < 4.78 is 0.984. The molecule has 0 fully saturated rings. The first-order valence-corrected chi connectivity index (χ1v) is 2.85. The Balaban J connectivity index is 3.34. The lowest BCUT2D eigenvalue weighted by atomic mass is 10.4. The number of carbonyl (C=O) groups is 1. The van der Waals surface area contributed by atoms with E-state index in [0.717, 1.165) is 10.6 Å². The summed E-state index contributed by atoms with van der Waals surface area (Å²) in [7, 11) is 1.35. The first-order chi connectivity index (χ1) is 5.04. The normalized spacial score (nSPS) is 9.91. The maximum Gasteiger partial charge on any atom is 0.356 e. The highest BCUT2D eigenvalue weighted by atomic mass is 16.4. The lowest BCUT2D eigenvalue weighted by Gasteiger charge is -1.97. The second-order valence-electron chi connectivity index (χ2n) is 2.10. The predicted molar refractivity (Wildman–Crippen MR) is 35.7 cm³/mol. The summed E-state index contributed by atoms with van der Waals surface area (Å²) >= 11 is 0. The summed E-state index contributed by atoms with van der Waals surface area (Å²) in [5.74, 6) is -1.98. The van der Waals surface area contributed by atoms with Gasteiger partial charge in [0, 0.05) is 13.1 Å². The van der Waals surface area contributed by atoms with Crippen LogP contribution in [0.25, 0.3) is 0 Å². The summed E-state index contributed by atoms with van der Waals surface area (Å²) in [6.07, 6.45) is 0. The van der Waals surface area contributed by atoms with Crippen LogP contribution in [0.2, 0.25) is 0 Å². The summed E-state index contributed by atoms with van der Waals surface area (Å²) in [4.78, 5) is 10.4. The molecule has 0 spiro atoms. The molecular weight excluding hydrogens is 150 g/mol. The van der Waals surface area contributed by atoms with Gasteiger partial charge in [-0.15, -0.1) is 0 Å². The van der Waals surface area contributed by atoms with E-state index in [1.807, 2.05) is 0 Å². The molecule has 0 saturated carbocycles. The van der Waals surface area contributed by atoms with E-state index in [-0.39, 0.29) is 11.6 Å². The average Bonchev–Trinajstić information content (AvgIpc) is 2.07. The second kappa shape index (κ2) is 2.19. The van der Waals surface area contributed by atoms with Gasteiger partial charge in [-0.25, -0.2) is 4.79 Å². The zero-order chi connectivity index (χ0) is 8.59. The molecule has 0 radical (unpaired) electrons. The minimum Gasteiger partial charge on any atom is -0.505 e. The van der Waals surface area contributed by atoms with E-state index < -0.39 is 11.7 Å². The van der Waals surface area contributed by atoms with Crippen molar-refractivity contribution < 1.29 is 20.1 Å². The van der Waals surface area contributed by atoms with Crippen LogP contribution in [0.5, 0.6) is 11.6 Å². The van der Waals surface area contributed by atoms with E-state index >= 15 is 0 Å². The lowest BCUT2D eigenvalue weighted by molar-refractivity contribution is 0.0682. The van der Waals surface area contributed by atoms with E-state index in [9.17, 15) is 4.79 Å². The Morgan fingerprint density at radius 3 is 2.27 bits per heavy atom. The first kappa shape index (κ1) is 7.46. The van der Waals surface area contributed by atoms with Gasteiger partial charge < -0.3 is 19.9 Å². The molecule has 5 heteroatoms. The molecule has 11 heavy (non-hydrogen) atoms. The van der Waals surface area contributed by atoms with Crippen molar-refractivity contribution in [2.24, 2.45) is 7.05 Å². The van der Waals surface area contributed by atoms with Crippen molar-refractivity contribution in [2.45, 2.75) is 0 Å². The molecule has 0 aromatic carbocycles. The average molecular weight is 157 g/mol. The number of nitrogens with zero attached hydrogens (tertiary/aromatic N) is 1. The fourth-order valence-electron chi connectivity index (χ4n) is 0.827. The summed E-state index contributed by atoms with van der Waals surface area (Å²) in [5.41, 5.74) is -0.317. The lowest BCUT2D eigenvalue weighted by Crippen LogP contribution is -2.03. The van der Waals surface area contributed by atoms with Gasteiger partial charge in [0.1, 0.15) is 0 Å². The van der Waals surface area contributed by atoms with Crippen molar-refractivity contribution in [2.75, 3.05) is 0 Å². The van der Waals surface area contributed by atoms with E-state index in [2.05, 4.69) is 0 Å². The van der Waals surface area contributed by atoms with Crippen LogP contribution in [0.1, 0.15) is 10.5 Å². The van der Waals surface area contributed by atoms with Crippen LogP contribution >= 0.6 is 0 Å². The predicted octanol–water partition coefficient (Wildman–Crippen LogP) is 0.134. The van der Waals surface area contributed by atoms with Crippen LogP contribution in [-0.4, -0.2) is 25.9 Å². The Morgan fingerprint density at radius 1 is 1.55 bits per heavy atom. The third-order valence-corrected chi connectivity index (χ3v) is 1.39. The van der Waals surface area contributed by atoms with E-state index in [1.165, 1.54) is 7.05 Å². The number of aromatic nitrogens is 1. The van der Waals surface area contributed by atoms with E-state index in [0.29, 0.717) is 0 Å². The third kappa shape index (κ3) is 1.000. The van der Waals surface area contributed by atoms with Gasteiger partial charge in [-0.05, 0) is 0 Å². The van der Waals surface area contributed by atoms with Crippen LogP contribution < -0.4 is 0 Å². The topological polar surface area (TPSA) is 82.7 Å². The Kier molecular flexibility index (Phi) is 1.48. The molecule has 60 valence electrons. The number of aromatic carboxylic acids is 1. The monoisotopic (exact) mass is 157 g/mol. The number of carboxylic acid groups (broad SMARTS) is 1. The molecule has 1 heterocycles. The van der Waals surface area contributed by atoms with Crippen LogP contribution in [0.4, 0.5) is 0 Å². The molecule has 1 aromatic rings. The van der Waals surface area contributed by atoms with E-state index in [4.69, 9.17) is 15.3 Å². The van der Waals surface area contributed by atoms with Gasteiger partial charge in [-0.3, -0.25) is 0 Å². The molecule has 0 aliphatic rings. The van der Waals surface area contributed by atoms with Gasteiger partial charge in [0.2, 0.25) is 0 Å². The number of hydrogen-bond donors (Lipinski definition) is 3. The zero-order valence-corrected chi connectivity index (χ0v) is 5.77. The minimum absolute atomic E-state index is 0.278. The number of carboxylic acids is 1. The molecule has 0 aliphatic heterocycles. The molecule has 0 bridgehead atoms. The molecule has 0 atom stereocenters. The molecular formula is C6H7NO4. The summed E-state index contributed by atoms with van der Waals surface area (Å²) in [6, 6.07) is 0.976. The van der Waals surface area contributed by atoms with Crippen molar-refractivity contribution in [1.82, 2.24) is 4.57 Å². The smallest absolute Gasteiger partial charge is 0.356 e. The largest absolute Gasteiger partial charge is 0.505 e. The Bertz CT molecular complexity index is 302. The Labute approximate surface area is 62.1 Å². The molecule has 5 nitrogen and oxygen atoms in total. The molecule has 0 amide bonds. The SMILES string of the molecule is Cn1c(O)cc(O)c1C(=O)O. The van der Waals surface area contributed by atoms with Gasteiger partial charge in [0.25, 0.3) is 0 Å². The standard InChI is InChI=1S/C6H7NO4/c1-7-4(9)2-3(8)5(7)6(10)11/h2,8-9H,1H3,(H,10,11). The molecule has 0 unspecified atom stereocenters. The highest BCUT2D eigenvalue weighted by Gasteiger charge is 2.16. The van der Waals surface area contributed by atoms with Crippen LogP contribution in [0, 0.1) is 0 Å². The maximum absolute atomic E-state index is 10.4. The van der Waals surface area contributed by atoms with Crippen molar-refractivity contribution in [3.05, 3.63) is 11.8 Å². The maximum atomic E-state index is 10.4. The summed E-state index contributed by atoms with van der Waals surface area (Å²) in [6.45, 7) is 0. The summed E-state index contributed by atoms with van der Waals surface area (Å²) in [5, 5.41) is 26.3. The zero-order valence-electron chi connectivity index (χ0n) is 5.77. The van der Waals surface area contributed by atoms with Gasteiger partial charge in [-0.1, -0.05) is 0 Å². The highest BCUT2D eigenvalue weighted by molar-refractivity contribution is 5.89. The van der Waals surface area contributed by atoms with Crippen LogP contribution in [0.15, 0.2) is 6.07 Å². The van der Waals surface area contributed by atoms with Crippen molar-refractivity contribution in [1.29, 1.82) is 0 Å². The molecule has 3 N–H and O–H groups in total. The van der Waals surface area contributed by atoms with Crippen molar-refractivity contribution in [3.8, 4) is 11.6 Å². The number of hydrogen-bond acceptors (Lipinski definition) is 3. The number of rotatable bonds is 1. The molecule has 0 saturated heterocycles. The van der Waals surface area contributed by atoms with Gasteiger partial charge in [0.15, 0.2) is 17.3 Å². The highest BCUT2D eigenvalue weighted by Crippen LogP contribution is 2.25. The third-order valence-electron chi connectivity index (χ3n) is 1.39. The first-order valence-electron chi connectivity index (χ1n) is 2.85. The minimum atomic E-state index is -1.27. The molecule has 1 rings (SSSR count). The Morgan fingerprint density at radius 2 is 2.09 bits per heavy atom. The second-order valence-corrected chi connectivity index (χ2v) is 2.10. The van der Waals surface area contributed by atoms with Gasteiger partial charge in [-0.2, -0.15) is 0 Å². The molecule has 0 aliphatic carbocycles. The fraction of sp³-hybridized carbons (Fsp3) is 0.167. The fourth-order valence-corrected chi connectivity index (χ4v) is 0.827. The van der Waals surface area contributed by atoms with E-state index in [1.54, 1.807) is 0 Å². The Hall–Kier alpha value is -1.65. The van der Waals surface area contributed by atoms with Crippen molar-refractivity contribution >= 4 is 5.97 Å². The molecule has 1 aromatic heterocycles.